The molecule has 3 amide bonds. The van der Waals surface area contributed by atoms with Gasteiger partial charge in [-0.25, -0.2) is 14.3 Å². The van der Waals surface area contributed by atoms with Crippen LogP contribution in [0, 0.1) is 0 Å². The van der Waals surface area contributed by atoms with Gasteiger partial charge in [0.05, 0.1) is 0 Å². The second-order valence-corrected chi connectivity index (χ2v) is 6.43. The molecule has 2 aliphatic heterocycles. The standard InChI is InChI=1S/C12H13N7O6S/c13-12(24)25-2-5-3-26-10-7(9(21)19(10)8(5)11(22)23)15-6(20)1-18-4-14-16-17-18/h4,7,10H,1-3H2,(H2,13,24)(H,15,20)(H,22,23)/t7?,10-/m1/s1. The number of tetrazole rings is 1. The first-order chi connectivity index (χ1) is 12.4. The highest BCUT2D eigenvalue weighted by atomic mass is 32.2. The largest absolute Gasteiger partial charge is 0.477 e. The zero-order valence-corrected chi connectivity index (χ0v) is 13.9. The second kappa shape index (κ2) is 6.99. The van der Waals surface area contributed by atoms with E-state index in [9.17, 15) is 24.3 Å². The summed E-state index contributed by atoms with van der Waals surface area (Å²) >= 11 is 1.25. The van der Waals surface area contributed by atoms with Crippen LogP contribution in [0.4, 0.5) is 4.79 Å². The quantitative estimate of drug-likeness (QED) is 0.444. The van der Waals surface area contributed by atoms with Crippen LogP contribution >= 0.6 is 11.8 Å². The average molecular weight is 383 g/mol. The van der Waals surface area contributed by atoms with Gasteiger partial charge in [0.25, 0.3) is 5.91 Å². The number of carboxylic acid groups (broad SMARTS) is 1. The molecule has 3 heterocycles. The van der Waals surface area contributed by atoms with E-state index in [2.05, 4.69) is 25.6 Å². The lowest BCUT2D eigenvalue weighted by Gasteiger charge is -2.49. The third kappa shape index (κ3) is 3.30. The predicted molar refractivity (Wildman–Crippen MR) is 83.0 cm³/mol. The normalized spacial score (nSPS) is 21.7. The van der Waals surface area contributed by atoms with Crippen LogP contribution in [0.2, 0.25) is 0 Å². The first kappa shape index (κ1) is 17.7. The van der Waals surface area contributed by atoms with E-state index in [1.807, 2.05) is 0 Å². The summed E-state index contributed by atoms with van der Waals surface area (Å²) in [6.45, 7) is -0.496. The molecule has 4 N–H and O–H groups in total. The molecule has 1 fully saturated rings. The van der Waals surface area contributed by atoms with E-state index in [-0.39, 0.29) is 30.2 Å². The molecule has 13 nitrogen and oxygen atoms in total. The monoisotopic (exact) mass is 383 g/mol. The Balaban J connectivity index is 1.69. The molecule has 1 unspecified atom stereocenters. The van der Waals surface area contributed by atoms with Crippen LogP contribution in [0.15, 0.2) is 17.6 Å². The third-order valence-corrected chi connectivity index (χ3v) is 4.99. The van der Waals surface area contributed by atoms with E-state index in [0.717, 1.165) is 4.90 Å². The molecule has 0 saturated carbocycles. The van der Waals surface area contributed by atoms with Gasteiger partial charge in [0, 0.05) is 11.3 Å². The van der Waals surface area contributed by atoms with Crippen LogP contribution in [0.25, 0.3) is 0 Å². The van der Waals surface area contributed by atoms with Crippen LogP contribution in [0.1, 0.15) is 0 Å². The lowest BCUT2D eigenvalue weighted by Crippen LogP contribution is -2.70. The summed E-state index contributed by atoms with van der Waals surface area (Å²) in [5.74, 6) is -2.17. The number of nitrogens with zero attached hydrogens (tertiary/aromatic N) is 5. The summed E-state index contributed by atoms with van der Waals surface area (Å²) in [6.07, 6.45) is 0.206. The number of carbonyl (C=O) groups excluding carboxylic acids is 3. The van der Waals surface area contributed by atoms with E-state index in [0.29, 0.717) is 0 Å². The molecular formula is C12H13N7O6S. The van der Waals surface area contributed by atoms with Crippen molar-refractivity contribution in [3.8, 4) is 0 Å². The number of fused-ring (bicyclic) bond motifs is 1. The Labute approximate surface area is 149 Å². The Hall–Kier alpha value is -3.16. The number of ether oxygens (including phenoxy) is 1. The summed E-state index contributed by atoms with van der Waals surface area (Å²) < 4.78 is 5.82. The van der Waals surface area contributed by atoms with Crippen LogP contribution in [0.3, 0.4) is 0 Å². The highest BCUT2D eigenvalue weighted by Crippen LogP contribution is 2.40. The summed E-state index contributed by atoms with van der Waals surface area (Å²) in [6, 6.07) is -0.864. The number of β-lactam (4-membered cyclic amide) rings is 1. The number of aromatic nitrogens is 4. The molecule has 1 aromatic rings. The number of carbonyl (C=O) groups is 4. The van der Waals surface area contributed by atoms with Crippen LogP contribution in [-0.2, 0) is 25.7 Å². The summed E-state index contributed by atoms with van der Waals surface area (Å²) in [5.41, 5.74) is 4.88. The minimum atomic E-state index is -1.33. The highest BCUT2D eigenvalue weighted by Gasteiger charge is 2.54. The van der Waals surface area contributed by atoms with Crippen LogP contribution < -0.4 is 11.1 Å². The van der Waals surface area contributed by atoms with Crippen molar-refractivity contribution >= 4 is 35.6 Å². The van der Waals surface area contributed by atoms with Gasteiger partial charge in [-0.2, -0.15) is 0 Å². The molecule has 0 bridgehead atoms. The van der Waals surface area contributed by atoms with Crippen molar-refractivity contribution < 1.29 is 29.0 Å². The zero-order chi connectivity index (χ0) is 18.8. The van der Waals surface area contributed by atoms with E-state index in [1.54, 1.807) is 0 Å². The summed E-state index contributed by atoms with van der Waals surface area (Å²) in [7, 11) is 0. The second-order valence-electron chi connectivity index (χ2n) is 5.33. The molecule has 0 spiro atoms. The molecular weight excluding hydrogens is 370 g/mol. The molecule has 138 valence electrons. The Morgan fingerprint density at radius 1 is 1.46 bits per heavy atom. The van der Waals surface area contributed by atoms with Crippen molar-refractivity contribution in [1.82, 2.24) is 30.4 Å². The van der Waals surface area contributed by atoms with Gasteiger partial charge in [0.2, 0.25) is 5.91 Å². The van der Waals surface area contributed by atoms with Crippen molar-refractivity contribution in [3.05, 3.63) is 17.6 Å². The number of thioether (sulfide) groups is 1. The summed E-state index contributed by atoms with van der Waals surface area (Å²) in [4.78, 5) is 47.7. The van der Waals surface area contributed by atoms with Gasteiger partial charge in [-0.05, 0) is 10.4 Å². The lowest BCUT2D eigenvalue weighted by atomic mass is 10.0. The molecule has 1 saturated heterocycles. The fraction of sp³-hybridized carbons (Fsp3) is 0.417. The van der Waals surface area contributed by atoms with E-state index in [4.69, 9.17) is 5.73 Å². The number of carboxylic acids is 1. The molecule has 3 rings (SSSR count). The van der Waals surface area contributed by atoms with Gasteiger partial charge >= 0.3 is 12.1 Å². The highest BCUT2D eigenvalue weighted by molar-refractivity contribution is 8.00. The van der Waals surface area contributed by atoms with E-state index in [1.165, 1.54) is 22.8 Å². The molecule has 26 heavy (non-hydrogen) atoms. The van der Waals surface area contributed by atoms with Gasteiger partial charge < -0.3 is 20.9 Å². The number of aliphatic carboxylic acids is 1. The Morgan fingerprint density at radius 3 is 2.85 bits per heavy atom. The van der Waals surface area contributed by atoms with Gasteiger partial charge in [-0.3, -0.25) is 14.5 Å². The van der Waals surface area contributed by atoms with Crippen molar-refractivity contribution in [3.63, 3.8) is 0 Å². The number of nitrogens with two attached hydrogens (primary N) is 1. The van der Waals surface area contributed by atoms with Crippen molar-refractivity contribution in [2.45, 2.75) is 18.0 Å². The Bertz CT molecular complexity index is 794. The van der Waals surface area contributed by atoms with E-state index >= 15 is 0 Å². The predicted octanol–water partition coefficient (Wildman–Crippen LogP) is -2.49. The van der Waals surface area contributed by atoms with Crippen molar-refractivity contribution in [2.24, 2.45) is 5.73 Å². The molecule has 2 atom stereocenters. The van der Waals surface area contributed by atoms with Gasteiger partial charge in [0.15, 0.2) is 0 Å². The van der Waals surface area contributed by atoms with Crippen molar-refractivity contribution in [2.75, 3.05) is 12.4 Å². The van der Waals surface area contributed by atoms with Gasteiger partial charge in [0.1, 0.15) is 36.6 Å². The minimum absolute atomic E-state index is 0.173. The number of amides is 3. The van der Waals surface area contributed by atoms with Crippen LogP contribution in [-0.4, -0.2) is 77.9 Å². The number of hydrogen-bond acceptors (Lipinski definition) is 9. The average Bonchev–Trinajstić information content (AvgIpc) is 3.09. The first-order valence-electron chi connectivity index (χ1n) is 7.21. The Kier molecular flexibility index (Phi) is 4.75. The number of nitrogens with one attached hydrogen (secondary N) is 1. The molecule has 14 heteroatoms. The minimum Gasteiger partial charge on any atom is -0.477 e. The Morgan fingerprint density at radius 2 is 2.23 bits per heavy atom. The maximum absolute atomic E-state index is 12.4. The maximum Gasteiger partial charge on any atom is 0.404 e. The smallest absolute Gasteiger partial charge is 0.404 e. The number of primary amides is 1. The molecule has 2 aliphatic rings. The number of rotatable bonds is 6. The van der Waals surface area contributed by atoms with Crippen LogP contribution in [0.5, 0.6) is 0 Å². The fourth-order valence-corrected chi connectivity index (χ4v) is 3.90. The van der Waals surface area contributed by atoms with Gasteiger partial charge in [-0.15, -0.1) is 16.9 Å². The molecule has 0 radical (unpaired) electrons. The SMILES string of the molecule is NC(=O)OCC1=C(C(=O)O)N2C(=O)C(NC(=O)Cn3cnnn3)[C@H]2SC1. The van der Waals surface area contributed by atoms with E-state index < -0.39 is 35.3 Å². The molecule has 1 aromatic heterocycles. The lowest BCUT2D eigenvalue weighted by molar-refractivity contribution is -0.150. The molecule has 0 aliphatic carbocycles. The fourth-order valence-electron chi connectivity index (χ4n) is 2.57. The first-order valence-corrected chi connectivity index (χ1v) is 8.25. The van der Waals surface area contributed by atoms with Crippen molar-refractivity contribution in [1.29, 1.82) is 0 Å². The topological polar surface area (TPSA) is 183 Å². The zero-order valence-electron chi connectivity index (χ0n) is 13.1. The number of hydrogen-bond donors (Lipinski definition) is 3. The van der Waals surface area contributed by atoms with Gasteiger partial charge in [-0.1, -0.05) is 0 Å². The maximum atomic E-state index is 12.4. The molecule has 0 aromatic carbocycles. The third-order valence-electron chi connectivity index (χ3n) is 3.65. The summed E-state index contributed by atoms with van der Waals surface area (Å²) in [5, 5.41) is 21.7.